The molecular weight excluding hydrogens is 301 g/mol. The van der Waals surface area contributed by atoms with E-state index in [-0.39, 0.29) is 29.9 Å². The van der Waals surface area contributed by atoms with E-state index >= 15 is 0 Å². The summed E-state index contributed by atoms with van der Waals surface area (Å²) in [5.74, 6) is -3.07. The molecule has 0 aliphatic carbocycles. The molecular formula is C15H22BNO6. The molecule has 0 aliphatic rings. The van der Waals surface area contributed by atoms with Crippen molar-refractivity contribution >= 4 is 19.0 Å². The van der Waals surface area contributed by atoms with Crippen LogP contribution in [0.2, 0.25) is 0 Å². The number of hydrogen-bond donors (Lipinski definition) is 5. The Morgan fingerprint density at radius 1 is 1.26 bits per heavy atom. The molecule has 0 saturated carbocycles. The van der Waals surface area contributed by atoms with Gasteiger partial charge in [-0.25, -0.2) is 4.79 Å². The number of carboxylic acids is 1. The average molecular weight is 323 g/mol. The molecule has 1 atom stereocenters. The minimum atomic E-state index is -1.82. The van der Waals surface area contributed by atoms with Crippen LogP contribution in [-0.4, -0.2) is 45.2 Å². The van der Waals surface area contributed by atoms with Crippen molar-refractivity contribution in [2.24, 2.45) is 0 Å². The van der Waals surface area contributed by atoms with Crippen LogP contribution in [0.4, 0.5) is 0 Å². The summed E-state index contributed by atoms with van der Waals surface area (Å²) in [5.41, 5.74) is -0.0557. The summed E-state index contributed by atoms with van der Waals surface area (Å²) >= 11 is 0. The van der Waals surface area contributed by atoms with Crippen molar-refractivity contribution in [2.75, 3.05) is 0 Å². The van der Waals surface area contributed by atoms with Crippen LogP contribution in [0, 0.1) is 0 Å². The molecule has 5 N–H and O–H groups in total. The second-order valence-electron chi connectivity index (χ2n) is 5.37. The maximum Gasteiger partial charge on any atom is 0.475 e. The molecule has 126 valence electrons. The van der Waals surface area contributed by atoms with Gasteiger partial charge in [-0.05, 0) is 24.5 Å². The van der Waals surface area contributed by atoms with Crippen LogP contribution in [0.25, 0.3) is 0 Å². The number of carbonyl (C=O) groups excluding carboxylic acids is 1. The highest BCUT2D eigenvalue weighted by Crippen LogP contribution is 2.24. The summed E-state index contributed by atoms with van der Waals surface area (Å²) in [6, 6.07) is 4.16. The van der Waals surface area contributed by atoms with Crippen LogP contribution in [0.3, 0.4) is 0 Å². The molecule has 0 aromatic heterocycles. The van der Waals surface area contributed by atoms with Gasteiger partial charge in [0.25, 0.3) is 0 Å². The average Bonchev–Trinajstić information content (AvgIpc) is 2.48. The summed E-state index contributed by atoms with van der Waals surface area (Å²) in [4.78, 5) is 22.8. The Morgan fingerprint density at radius 2 is 1.96 bits per heavy atom. The van der Waals surface area contributed by atoms with Gasteiger partial charge in [0.05, 0.1) is 5.94 Å². The number of unbranched alkanes of at least 4 members (excludes halogenated alkanes) is 2. The van der Waals surface area contributed by atoms with E-state index in [4.69, 9.17) is 5.11 Å². The van der Waals surface area contributed by atoms with Gasteiger partial charge in [-0.3, -0.25) is 4.79 Å². The van der Waals surface area contributed by atoms with E-state index < -0.39 is 24.8 Å². The monoisotopic (exact) mass is 323 g/mol. The quantitative estimate of drug-likeness (QED) is 0.336. The van der Waals surface area contributed by atoms with Crippen LogP contribution >= 0.6 is 0 Å². The maximum atomic E-state index is 11.8. The number of hydrogen-bond acceptors (Lipinski definition) is 5. The van der Waals surface area contributed by atoms with E-state index in [1.807, 2.05) is 6.92 Å². The zero-order chi connectivity index (χ0) is 17.4. The number of phenols is 1. The molecule has 7 nitrogen and oxygen atoms in total. The third kappa shape index (κ3) is 5.92. The number of nitrogens with one attached hydrogen (secondary N) is 1. The molecule has 0 saturated heterocycles. The molecule has 0 spiro atoms. The number of aromatic hydroxyl groups is 1. The van der Waals surface area contributed by atoms with E-state index in [0.717, 1.165) is 12.8 Å². The first-order valence-electron chi connectivity index (χ1n) is 7.56. The predicted octanol–water partition coefficient (Wildman–Crippen LogP) is 0.710. The Morgan fingerprint density at radius 3 is 2.52 bits per heavy atom. The van der Waals surface area contributed by atoms with E-state index in [9.17, 15) is 24.7 Å². The molecule has 23 heavy (non-hydrogen) atoms. The highest BCUT2D eigenvalue weighted by Gasteiger charge is 2.27. The number of rotatable bonds is 9. The van der Waals surface area contributed by atoms with Crippen LogP contribution in [0.15, 0.2) is 18.2 Å². The normalized spacial score (nSPS) is 11.8. The minimum Gasteiger partial charge on any atom is -0.507 e. The topological polar surface area (TPSA) is 127 Å². The lowest BCUT2D eigenvalue weighted by atomic mass is 9.75. The first kappa shape index (κ1) is 19.0. The number of benzene rings is 1. The second kappa shape index (κ2) is 9.17. The Balaban J connectivity index is 2.79. The van der Waals surface area contributed by atoms with Gasteiger partial charge in [-0.2, -0.15) is 0 Å². The summed E-state index contributed by atoms with van der Waals surface area (Å²) in [5, 5.41) is 40.2. The molecule has 1 rings (SSSR count). The summed E-state index contributed by atoms with van der Waals surface area (Å²) < 4.78 is 0. The van der Waals surface area contributed by atoms with Crippen molar-refractivity contribution < 1.29 is 29.9 Å². The second-order valence-corrected chi connectivity index (χ2v) is 5.37. The van der Waals surface area contributed by atoms with Gasteiger partial charge in [0.1, 0.15) is 11.3 Å². The van der Waals surface area contributed by atoms with Crippen LogP contribution in [-0.2, 0) is 11.2 Å². The molecule has 1 aromatic carbocycles. The lowest BCUT2D eigenvalue weighted by Gasteiger charge is -2.19. The first-order chi connectivity index (χ1) is 10.9. The van der Waals surface area contributed by atoms with Crippen molar-refractivity contribution in [1.82, 2.24) is 5.32 Å². The molecule has 0 heterocycles. The van der Waals surface area contributed by atoms with Crippen molar-refractivity contribution in [2.45, 2.75) is 45.0 Å². The van der Waals surface area contributed by atoms with E-state index in [2.05, 4.69) is 5.32 Å². The Bertz CT molecular complexity index is 549. The molecule has 0 fully saturated rings. The van der Waals surface area contributed by atoms with Gasteiger partial charge >= 0.3 is 13.1 Å². The summed E-state index contributed by atoms with van der Waals surface area (Å²) in [7, 11) is -1.82. The molecule has 1 aromatic rings. The van der Waals surface area contributed by atoms with Crippen molar-refractivity contribution in [3.8, 4) is 5.75 Å². The van der Waals surface area contributed by atoms with Gasteiger partial charge in [0, 0.05) is 6.42 Å². The number of amides is 1. The first-order valence-corrected chi connectivity index (χ1v) is 7.56. The number of carbonyl (C=O) groups is 2. The molecule has 0 bridgehead atoms. The van der Waals surface area contributed by atoms with Crippen LogP contribution in [0.5, 0.6) is 5.75 Å². The molecule has 8 heteroatoms. The predicted molar refractivity (Wildman–Crippen MR) is 85.0 cm³/mol. The number of para-hydroxylation sites is 1. The highest BCUT2D eigenvalue weighted by atomic mass is 16.4. The fourth-order valence-corrected chi connectivity index (χ4v) is 2.21. The molecule has 0 radical (unpaired) electrons. The van der Waals surface area contributed by atoms with Crippen molar-refractivity contribution in [3.63, 3.8) is 0 Å². The van der Waals surface area contributed by atoms with E-state index in [0.29, 0.717) is 6.42 Å². The van der Waals surface area contributed by atoms with Gasteiger partial charge < -0.3 is 25.6 Å². The Labute approximate surface area is 135 Å². The fraction of sp³-hybridized carbons (Fsp3) is 0.467. The lowest BCUT2D eigenvalue weighted by molar-refractivity contribution is -0.121. The summed E-state index contributed by atoms with van der Waals surface area (Å²) in [6.45, 7) is 2.01. The Kier molecular flexibility index (Phi) is 7.57. The maximum absolute atomic E-state index is 11.8. The van der Waals surface area contributed by atoms with Gasteiger partial charge in [0.2, 0.25) is 5.91 Å². The zero-order valence-corrected chi connectivity index (χ0v) is 13.0. The number of carboxylic acid groups (broad SMARTS) is 1. The number of aromatic carboxylic acids is 1. The van der Waals surface area contributed by atoms with E-state index in [1.54, 1.807) is 0 Å². The van der Waals surface area contributed by atoms with Gasteiger partial charge in [-0.15, -0.1) is 0 Å². The van der Waals surface area contributed by atoms with Crippen molar-refractivity contribution in [3.05, 3.63) is 29.3 Å². The Hall–Kier alpha value is -2.06. The van der Waals surface area contributed by atoms with Gasteiger partial charge in [0.15, 0.2) is 0 Å². The smallest absolute Gasteiger partial charge is 0.475 e. The van der Waals surface area contributed by atoms with Crippen molar-refractivity contribution in [1.29, 1.82) is 0 Å². The third-order valence-corrected chi connectivity index (χ3v) is 3.50. The highest BCUT2D eigenvalue weighted by molar-refractivity contribution is 6.43. The van der Waals surface area contributed by atoms with E-state index in [1.165, 1.54) is 18.2 Å². The summed E-state index contributed by atoms with van der Waals surface area (Å²) in [6.07, 6.45) is 2.76. The molecule has 0 unspecified atom stereocenters. The zero-order valence-electron chi connectivity index (χ0n) is 13.0. The van der Waals surface area contributed by atoms with Crippen LogP contribution < -0.4 is 5.32 Å². The minimum absolute atomic E-state index is 0.0931. The third-order valence-electron chi connectivity index (χ3n) is 3.50. The standard InChI is InChI=1S/C15H22BNO6/c1-2-3-4-8-13(18)17-12(16(22)23)9-10-6-5-7-11(14(10)19)15(20)21/h5-7,12,19,22-23H,2-4,8-9H2,1H3,(H,17,18)(H,20,21)/t12-/m0/s1. The SMILES string of the molecule is CCCCCC(=O)N[C@@H](Cc1cccc(C(=O)O)c1O)B(O)O. The fourth-order valence-electron chi connectivity index (χ4n) is 2.21. The molecule has 1 amide bonds. The van der Waals surface area contributed by atoms with Crippen LogP contribution in [0.1, 0.15) is 48.5 Å². The lowest BCUT2D eigenvalue weighted by Crippen LogP contribution is -2.47. The van der Waals surface area contributed by atoms with Gasteiger partial charge in [-0.1, -0.05) is 31.9 Å². The largest absolute Gasteiger partial charge is 0.507 e. The molecule has 0 aliphatic heterocycles.